The number of aromatic hydroxyl groups is 1. The quantitative estimate of drug-likeness (QED) is 0.427. The Bertz CT molecular complexity index is 1060. The average molecular weight is 583 g/mol. The maximum Gasteiger partial charge on any atom is 0.217 e. The van der Waals surface area contributed by atoms with Crippen LogP contribution in [0.4, 0.5) is 0 Å². The molecular weight excluding hydrogens is 559 g/mol. The van der Waals surface area contributed by atoms with Crippen molar-refractivity contribution in [3.05, 3.63) is 60.2 Å². The predicted octanol–water partition coefficient (Wildman–Crippen LogP) is 5.26. The summed E-state index contributed by atoms with van der Waals surface area (Å²) in [5.41, 5.74) is 1.31. The third kappa shape index (κ3) is 4.36. The van der Waals surface area contributed by atoms with Crippen molar-refractivity contribution in [1.82, 2.24) is 4.98 Å². The molecule has 2 heterocycles. The summed E-state index contributed by atoms with van der Waals surface area (Å²) >= 11 is 0. The first-order valence-electron chi connectivity index (χ1n) is 10.3. The van der Waals surface area contributed by atoms with Gasteiger partial charge in [0.15, 0.2) is 0 Å². The van der Waals surface area contributed by atoms with Crippen LogP contribution in [0.25, 0.3) is 10.9 Å². The molecule has 0 radical (unpaired) electrons. The largest absolute Gasteiger partial charge is 0.518 e. The first kappa shape index (κ1) is 20.9. The van der Waals surface area contributed by atoms with E-state index in [4.69, 9.17) is 14.5 Å². The van der Waals surface area contributed by atoms with Crippen molar-refractivity contribution in [3.8, 4) is 17.4 Å². The van der Waals surface area contributed by atoms with Gasteiger partial charge in [0.2, 0.25) is 5.88 Å². The maximum atomic E-state index is 10.0. The summed E-state index contributed by atoms with van der Waals surface area (Å²) in [7, 11) is 0. The molecule has 158 valence electrons. The SMILES string of the molecule is Oc1cccc2ccc(Oc3[c-]c(C4=N[C@@H](C5CCCCC5)CO4)ccc3)nc12.[Pt]. The normalized spacial score (nSPS) is 19.1. The Morgan fingerprint density at radius 1 is 1.00 bits per heavy atom. The molecule has 1 aliphatic heterocycles. The number of pyridine rings is 1. The number of hydrogen-bond donors (Lipinski definition) is 1. The number of ether oxygens (including phenoxy) is 2. The van der Waals surface area contributed by atoms with Crippen LogP contribution in [0.5, 0.6) is 17.4 Å². The van der Waals surface area contributed by atoms with Crippen LogP contribution < -0.4 is 4.74 Å². The molecule has 0 spiro atoms. The van der Waals surface area contributed by atoms with E-state index in [1.807, 2.05) is 30.3 Å². The van der Waals surface area contributed by atoms with Crippen molar-refractivity contribution >= 4 is 16.8 Å². The number of hydrogen-bond acceptors (Lipinski definition) is 5. The Morgan fingerprint density at radius 3 is 2.70 bits per heavy atom. The Balaban J connectivity index is 0.00000218. The number of rotatable bonds is 4. The predicted molar refractivity (Wildman–Crippen MR) is 112 cm³/mol. The molecule has 5 nitrogen and oxygen atoms in total. The molecule has 2 aliphatic rings. The molecule has 0 amide bonds. The van der Waals surface area contributed by atoms with E-state index in [-0.39, 0.29) is 32.9 Å². The minimum absolute atomic E-state index is 0. The van der Waals surface area contributed by atoms with Crippen LogP contribution in [-0.4, -0.2) is 28.6 Å². The maximum absolute atomic E-state index is 10.0. The van der Waals surface area contributed by atoms with E-state index in [9.17, 15) is 5.11 Å². The van der Waals surface area contributed by atoms with Gasteiger partial charge in [0, 0.05) is 38.3 Å². The fourth-order valence-electron chi connectivity index (χ4n) is 4.21. The van der Waals surface area contributed by atoms with Gasteiger partial charge >= 0.3 is 0 Å². The molecule has 1 fully saturated rings. The zero-order valence-electron chi connectivity index (χ0n) is 16.5. The molecule has 5 rings (SSSR count). The van der Waals surface area contributed by atoms with E-state index in [2.05, 4.69) is 11.1 Å². The number of aliphatic imine (C=N–C) groups is 1. The first-order chi connectivity index (χ1) is 14.3. The van der Waals surface area contributed by atoms with Crippen LogP contribution >= 0.6 is 0 Å². The molecule has 0 unspecified atom stereocenters. The van der Waals surface area contributed by atoms with E-state index in [0.29, 0.717) is 35.6 Å². The molecular formula is C24H23N2O3Pt-. The molecule has 0 bridgehead atoms. The number of aromatic nitrogens is 1. The van der Waals surface area contributed by atoms with Crippen molar-refractivity contribution in [3.63, 3.8) is 0 Å². The van der Waals surface area contributed by atoms with Gasteiger partial charge in [0.1, 0.15) is 17.2 Å². The minimum atomic E-state index is 0. The van der Waals surface area contributed by atoms with E-state index >= 15 is 0 Å². The third-order valence-corrected chi connectivity index (χ3v) is 5.75. The number of benzene rings is 2. The zero-order valence-corrected chi connectivity index (χ0v) is 18.8. The fourth-order valence-corrected chi connectivity index (χ4v) is 4.21. The number of para-hydroxylation sites is 1. The van der Waals surface area contributed by atoms with Crippen molar-refractivity contribution in [2.45, 2.75) is 38.1 Å². The Kier molecular flexibility index (Phi) is 6.38. The monoisotopic (exact) mass is 582 g/mol. The minimum Gasteiger partial charge on any atom is -0.518 e. The van der Waals surface area contributed by atoms with Gasteiger partial charge in [0.05, 0.1) is 12.6 Å². The summed E-state index contributed by atoms with van der Waals surface area (Å²) in [6, 6.07) is 18.1. The molecule has 1 atom stereocenters. The van der Waals surface area contributed by atoms with Crippen molar-refractivity contribution in [2.24, 2.45) is 10.9 Å². The number of phenolic OH excluding ortho intramolecular Hbond substituents is 1. The molecule has 2 aromatic carbocycles. The summed E-state index contributed by atoms with van der Waals surface area (Å²) in [5, 5.41) is 10.9. The van der Waals surface area contributed by atoms with E-state index in [0.717, 1.165) is 10.9 Å². The van der Waals surface area contributed by atoms with Gasteiger partial charge in [-0.25, -0.2) is 4.98 Å². The third-order valence-electron chi connectivity index (χ3n) is 5.75. The number of nitrogens with zero attached hydrogens (tertiary/aromatic N) is 2. The van der Waals surface area contributed by atoms with Gasteiger partial charge in [0.25, 0.3) is 0 Å². The molecule has 0 saturated heterocycles. The second-order valence-corrected chi connectivity index (χ2v) is 7.74. The van der Waals surface area contributed by atoms with Crippen LogP contribution in [0.1, 0.15) is 37.7 Å². The van der Waals surface area contributed by atoms with Crippen molar-refractivity contribution in [1.29, 1.82) is 0 Å². The van der Waals surface area contributed by atoms with Crippen molar-refractivity contribution < 1.29 is 35.6 Å². The Hall–Kier alpha value is -2.39. The molecule has 1 saturated carbocycles. The van der Waals surface area contributed by atoms with Crippen LogP contribution in [0.15, 0.2) is 53.5 Å². The van der Waals surface area contributed by atoms with Crippen LogP contribution in [0.3, 0.4) is 0 Å². The van der Waals surface area contributed by atoms with E-state index < -0.39 is 0 Å². The fraction of sp³-hybridized carbons (Fsp3) is 0.333. The second-order valence-electron chi connectivity index (χ2n) is 7.74. The van der Waals surface area contributed by atoms with E-state index in [1.54, 1.807) is 18.2 Å². The molecule has 30 heavy (non-hydrogen) atoms. The van der Waals surface area contributed by atoms with E-state index in [1.165, 1.54) is 32.1 Å². The number of fused-ring (bicyclic) bond motifs is 1. The van der Waals surface area contributed by atoms with Crippen LogP contribution in [0.2, 0.25) is 0 Å². The zero-order chi connectivity index (χ0) is 19.6. The Morgan fingerprint density at radius 2 is 1.83 bits per heavy atom. The molecule has 3 aromatic rings. The first-order valence-corrected chi connectivity index (χ1v) is 10.3. The molecule has 1 aromatic heterocycles. The van der Waals surface area contributed by atoms with Crippen LogP contribution in [-0.2, 0) is 25.8 Å². The average Bonchev–Trinajstić information content (AvgIpc) is 3.26. The smallest absolute Gasteiger partial charge is 0.217 e. The summed E-state index contributed by atoms with van der Waals surface area (Å²) in [6.45, 7) is 0.657. The van der Waals surface area contributed by atoms with Gasteiger partial charge in [-0.1, -0.05) is 43.0 Å². The van der Waals surface area contributed by atoms with Gasteiger partial charge in [-0.05, 0) is 30.9 Å². The summed E-state index contributed by atoms with van der Waals surface area (Å²) in [5.74, 6) is 2.36. The molecule has 1 N–H and O–H groups in total. The molecule has 6 heteroatoms. The van der Waals surface area contributed by atoms with Gasteiger partial charge in [-0.15, -0.1) is 18.2 Å². The van der Waals surface area contributed by atoms with Crippen LogP contribution in [0, 0.1) is 12.0 Å². The molecule has 1 aliphatic carbocycles. The van der Waals surface area contributed by atoms with Gasteiger partial charge < -0.3 is 14.6 Å². The standard InChI is InChI=1S/C24H23N2O3.Pt/c27-21-11-5-8-17-12-13-22(26-23(17)21)29-19-10-4-9-18(14-19)24-25-20(15-28-24)16-6-2-1-3-7-16;/h4-5,8-13,16,20,27H,1-3,6-7,15H2;/q-1;/t20-;/m1./s1. The summed E-state index contributed by atoms with van der Waals surface area (Å²) < 4.78 is 11.8. The van der Waals surface area contributed by atoms with Gasteiger partial charge in [-0.3, -0.25) is 4.99 Å². The number of phenols is 1. The van der Waals surface area contributed by atoms with Gasteiger partial charge in [-0.2, -0.15) is 0 Å². The summed E-state index contributed by atoms with van der Waals surface area (Å²) in [6.07, 6.45) is 6.44. The topological polar surface area (TPSA) is 63.9 Å². The second kappa shape index (κ2) is 9.18. The van der Waals surface area contributed by atoms with Crippen molar-refractivity contribution in [2.75, 3.05) is 6.61 Å². The summed E-state index contributed by atoms with van der Waals surface area (Å²) in [4.78, 5) is 9.26. The Labute approximate surface area is 190 Å².